The number of rotatable bonds is 2. The highest BCUT2D eigenvalue weighted by Crippen LogP contribution is 2.41. The zero-order valence-corrected chi connectivity index (χ0v) is 8.86. The number of aliphatic hydroxyl groups excluding tert-OH is 1. The molecule has 0 aromatic heterocycles. The van der Waals surface area contributed by atoms with Gasteiger partial charge in [0, 0.05) is 18.0 Å². The molecular weight excluding hydrogens is 172 g/mol. The van der Waals surface area contributed by atoms with Crippen LogP contribution in [-0.2, 0) is 4.18 Å². The summed E-state index contributed by atoms with van der Waals surface area (Å²) in [6.45, 7) is 6.96. The molecule has 1 fully saturated rings. The molecule has 2 nitrogen and oxygen atoms in total. The highest BCUT2D eigenvalue weighted by molar-refractivity contribution is 7.96. The van der Waals surface area contributed by atoms with E-state index in [1.54, 1.807) is 0 Å². The van der Waals surface area contributed by atoms with Gasteiger partial charge in [0.05, 0.1) is 17.5 Å². The third-order valence-corrected chi connectivity index (χ3v) is 3.99. The van der Waals surface area contributed by atoms with E-state index < -0.39 is 0 Å². The van der Waals surface area contributed by atoms with Crippen LogP contribution in [0.1, 0.15) is 33.6 Å². The summed E-state index contributed by atoms with van der Waals surface area (Å²) in [4.78, 5) is 0. The maximum atomic E-state index is 9.99. The molecule has 1 N–H and O–H groups in total. The first-order valence-electron chi connectivity index (χ1n) is 4.62. The predicted molar refractivity (Wildman–Crippen MR) is 52.0 cm³/mol. The van der Waals surface area contributed by atoms with E-state index in [0.29, 0.717) is 12.5 Å². The van der Waals surface area contributed by atoms with Crippen molar-refractivity contribution in [3.63, 3.8) is 0 Å². The van der Waals surface area contributed by atoms with Gasteiger partial charge >= 0.3 is 0 Å². The fraction of sp³-hybridized carbons (Fsp3) is 1.00. The third kappa shape index (κ3) is 1.78. The average Bonchev–Trinajstić information content (AvgIpc) is 2.10. The van der Waals surface area contributed by atoms with Crippen LogP contribution in [0.3, 0.4) is 0 Å². The Morgan fingerprint density at radius 2 is 2.25 bits per heavy atom. The molecule has 0 amide bonds. The Labute approximate surface area is 78.9 Å². The van der Waals surface area contributed by atoms with Crippen LogP contribution in [0.5, 0.6) is 0 Å². The summed E-state index contributed by atoms with van der Waals surface area (Å²) >= 11 is 1.44. The minimum atomic E-state index is -0.216. The van der Waals surface area contributed by atoms with Crippen molar-refractivity contribution in [3.8, 4) is 0 Å². The summed E-state index contributed by atoms with van der Waals surface area (Å²) in [5.41, 5.74) is 0. The second-order valence-corrected chi connectivity index (χ2v) is 4.98. The molecule has 0 aliphatic carbocycles. The smallest absolute Gasteiger partial charge is 0.0756 e. The molecule has 3 atom stereocenters. The molecule has 1 heterocycles. The van der Waals surface area contributed by atoms with Gasteiger partial charge in [-0.15, -0.1) is 0 Å². The molecule has 1 aliphatic rings. The molecule has 0 bridgehead atoms. The number of hydrogen-bond acceptors (Lipinski definition) is 3. The Bertz CT molecular complexity index is 151. The summed E-state index contributed by atoms with van der Waals surface area (Å²) in [6.07, 6.45) is 1.73. The molecule has 12 heavy (non-hydrogen) atoms. The van der Waals surface area contributed by atoms with Gasteiger partial charge in [0.1, 0.15) is 0 Å². The van der Waals surface area contributed by atoms with Crippen LogP contribution in [0.2, 0.25) is 0 Å². The van der Waals surface area contributed by atoms with Gasteiger partial charge in [0.25, 0.3) is 0 Å². The van der Waals surface area contributed by atoms with E-state index in [2.05, 4.69) is 20.8 Å². The standard InChI is InChI=1S/C9H18O2S/c1-4-7-6-11-12-9(3,5-2)8(7)10/h7-8,10H,4-6H2,1-3H3/t7-,8-,9+/m1/s1. The van der Waals surface area contributed by atoms with E-state index in [9.17, 15) is 5.11 Å². The first-order chi connectivity index (χ1) is 5.64. The van der Waals surface area contributed by atoms with Crippen LogP contribution in [0, 0.1) is 5.92 Å². The van der Waals surface area contributed by atoms with Crippen molar-refractivity contribution in [2.75, 3.05) is 6.61 Å². The monoisotopic (exact) mass is 190 g/mol. The zero-order valence-electron chi connectivity index (χ0n) is 8.04. The van der Waals surface area contributed by atoms with Crippen LogP contribution in [0.15, 0.2) is 0 Å². The first kappa shape index (κ1) is 10.4. The lowest BCUT2D eigenvalue weighted by Crippen LogP contribution is -2.46. The van der Waals surface area contributed by atoms with E-state index in [1.807, 2.05) is 0 Å². The third-order valence-electron chi connectivity index (χ3n) is 2.83. The van der Waals surface area contributed by atoms with E-state index in [4.69, 9.17) is 4.18 Å². The molecule has 1 saturated heterocycles. The van der Waals surface area contributed by atoms with Gasteiger partial charge in [0.15, 0.2) is 0 Å². The lowest BCUT2D eigenvalue weighted by Gasteiger charge is -2.40. The normalized spacial score (nSPS) is 43.0. The van der Waals surface area contributed by atoms with Gasteiger partial charge in [-0.3, -0.25) is 0 Å². The molecule has 3 heteroatoms. The second kappa shape index (κ2) is 3.99. The molecule has 0 radical (unpaired) electrons. The summed E-state index contributed by atoms with van der Waals surface area (Å²) in [5.74, 6) is 0.316. The van der Waals surface area contributed by atoms with Gasteiger partial charge in [-0.05, 0) is 19.8 Å². The predicted octanol–water partition coefficient (Wildman–Crippen LogP) is 2.22. The Kier molecular flexibility index (Phi) is 3.44. The summed E-state index contributed by atoms with van der Waals surface area (Å²) < 4.78 is 5.31. The topological polar surface area (TPSA) is 29.5 Å². The van der Waals surface area contributed by atoms with Crippen molar-refractivity contribution < 1.29 is 9.29 Å². The van der Waals surface area contributed by atoms with Crippen molar-refractivity contribution in [2.24, 2.45) is 5.92 Å². The average molecular weight is 190 g/mol. The second-order valence-electron chi connectivity index (χ2n) is 3.65. The minimum Gasteiger partial charge on any atom is -0.391 e. The molecule has 0 aromatic rings. The maximum Gasteiger partial charge on any atom is 0.0756 e. The van der Waals surface area contributed by atoms with Gasteiger partial charge < -0.3 is 9.29 Å². The van der Waals surface area contributed by atoms with E-state index >= 15 is 0 Å². The maximum absolute atomic E-state index is 9.99. The molecule has 0 saturated carbocycles. The Hall–Kier alpha value is 0.270. The van der Waals surface area contributed by atoms with E-state index in [0.717, 1.165) is 12.8 Å². The van der Waals surface area contributed by atoms with Gasteiger partial charge in [0.2, 0.25) is 0 Å². The fourth-order valence-corrected chi connectivity index (χ4v) is 2.43. The van der Waals surface area contributed by atoms with Crippen molar-refractivity contribution in [1.29, 1.82) is 0 Å². The van der Waals surface area contributed by atoms with Crippen LogP contribution in [-0.4, -0.2) is 22.6 Å². The first-order valence-corrected chi connectivity index (χ1v) is 5.37. The fourth-order valence-electron chi connectivity index (χ4n) is 1.50. The summed E-state index contributed by atoms with van der Waals surface area (Å²) in [7, 11) is 0. The lowest BCUT2D eigenvalue weighted by molar-refractivity contribution is 0.0280. The van der Waals surface area contributed by atoms with E-state index in [1.165, 1.54) is 12.0 Å². The van der Waals surface area contributed by atoms with Crippen molar-refractivity contribution >= 4 is 12.0 Å². The molecule has 1 rings (SSSR count). The zero-order chi connectivity index (χ0) is 9.19. The molecule has 0 aromatic carbocycles. The lowest BCUT2D eigenvalue weighted by atomic mass is 9.88. The Balaban J connectivity index is 2.65. The Morgan fingerprint density at radius 3 is 2.75 bits per heavy atom. The molecule has 0 spiro atoms. The van der Waals surface area contributed by atoms with Crippen LogP contribution in [0.4, 0.5) is 0 Å². The van der Waals surface area contributed by atoms with Gasteiger partial charge in [-0.2, -0.15) is 0 Å². The van der Waals surface area contributed by atoms with Crippen molar-refractivity contribution in [1.82, 2.24) is 0 Å². The number of hydrogen-bond donors (Lipinski definition) is 1. The van der Waals surface area contributed by atoms with E-state index in [-0.39, 0.29) is 10.9 Å². The molecule has 72 valence electrons. The highest BCUT2D eigenvalue weighted by Gasteiger charge is 2.41. The van der Waals surface area contributed by atoms with Crippen LogP contribution >= 0.6 is 12.0 Å². The number of aliphatic hydroxyl groups is 1. The molecule has 0 unspecified atom stereocenters. The highest BCUT2D eigenvalue weighted by atomic mass is 32.2. The van der Waals surface area contributed by atoms with Crippen LogP contribution < -0.4 is 0 Å². The quantitative estimate of drug-likeness (QED) is 0.677. The van der Waals surface area contributed by atoms with Crippen LogP contribution in [0.25, 0.3) is 0 Å². The minimum absolute atomic E-state index is 0.0983. The summed E-state index contributed by atoms with van der Waals surface area (Å²) in [6, 6.07) is 0. The van der Waals surface area contributed by atoms with Crippen molar-refractivity contribution in [2.45, 2.75) is 44.5 Å². The molecule has 1 aliphatic heterocycles. The SMILES string of the molecule is CC[C@@H]1COS[C@@](C)(CC)[C@@H]1O. The van der Waals surface area contributed by atoms with Crippen molar-refractivity contribution in [3.05, 3.63) is 0 Å². The largest absolute Gasteiger partial charge is 0.391 e. The summed E-state index contributed by atoms with van der Waals surface area (Å²) in [5, 5.41) is 9.99. The van der Waals surface area contributed by atoms with Gasteiger partial charge in [-0.25, -0.2) is 0 Å². The molecular formula is C9H18O2S. The Morgan fingerprint density at radius 1 is 1.58 bits per heavy atom. The van der Waals surface area contributed by atoms with Gasteiger partial charge in [-0.1, -0.05) is 13.8 Å².